The quantitative estimate of drug-likeness (QED) is 0.763. The van der Waals surface area contributed by atoms with E-state index < -0.39 is 17.7 Å². The van der Waals surface area contributed by atoms with Crippen LogP contribution in [0.25, 0.3) is 0 Å². The van der Waals surface area contributed by atoms with E-state index in [1.807, 2.05) is 0 Å². The Morgan fingerprint density at radius 3 is 2.72 bits per heavy atom. The van der Waals surface area contributed by atoms with Crippen LogP contribution >= 0.6 is 11.8 Å². The third-order valence-electron chi connectivity index (χ3n) is 4.16. The molecule has 0 radical (unpaired) electrons. The van der Waals surface area contributed by atoms with Crippen molar-refractivity contribution in [2.24, 2.45) is 0 Å². The average molecular weight is 375 g/mol. The first-order valence-corrected chi connectivity index (χ1v) is 9.07. The lowest BCUT2D eigenvalue weighted by Gasteiger charge is -2.35. The Bertz CT molecular complexity index is 621. The van der Waals surface area contributed by atoms with Crippen molar-refractivity contribution in [1.29, 1.82) is 0 Å². The van der Waals surface area contributed by atoms with Crippen LogP contribution in [-0.4, -0.2) is 40.2 Å². The van der Waals surface area contributed by atoms with Gasteiger partial charge in [-0.15, -0.1) is 11.8 Å². The number of likely N-dealkylation sites (tertiary alicyclic amines) is 1. The smallest absolute Gasteiger partial charge is 0.416 e. The lowest BCUT2D eigenvalue weighted by molar-refractivity contribution is -0.139. The monoisotopic (exact) mass is 375 g/mol. The van der Waals surface area contributed by atoms with Crippen molar-refractivity contribution >= 4 is 23.6 Å². The number of hydrogen-bond acceptors (Lipinski definition) is 3. The number of carbonyl (C=O) groups excluding carboxylic acids is 1. The minimum Gasteiger partial charge on any atom is -0.481 e. The fraction of sp³-hybridized carbons (Fsp3) is 0.529. The summed E-state index contributed by atoms with van der Waals surface area (Å²) in [6.45, 7) is 0.576. The molecule has 8 heteroatoms. The van der Waals surface area contributed by atoms with Gasteiger partial charge in [-0.25, -0.2) is 0 Å². The lowest BCUT2D eigenvalue weighted by atomic mass is 9.98. The Labute approximate surface area is 148 Å². The summed E-state index contributed by atoms with van der Waals surface area (Å²) in [4.78, 5) is 25.3. The summed E-state index contributed by atoms with van der Waals surface area (Å²) in [6, 6.07) is 4.81. The topological polar surface area (TPSA) is 57.6 Å². The number of alkyl halides is 3. The van der Waals surface area contributed by atoms with Crippen LogP contribution in [0.3, 0.4) is 0 Å². The number of halogens is 3. The Balaban J connectivity index is 1.95. The summed E-state index contributed by atoms with van der Waals surface area (Å²) in [7, 11) is 0. The van der Waals surface area contributed by atoms with Crippen molar-refractivity contribution in [3.05, 3.63) is 29.8 Å². The Morgan fingerprint density at radius 1 is 1.28 bits per heavy atom. The van der Waals surface area contributed by atoms with Gasteiger partial charge in [-0.05, 0) is 43.9 Å². The van der Waals surface area contributed by atoms with Gasteiger partial charge in [-0.2, -0.15) is 13.2 Å². The molecule has 1 saturated heterocycles. The normalized spacial score (nSPS) is 18.2. The Kier molecular flexibility index (Phi) is 6.75. The summed E-state index contributed by atoms with van der Waals surface area (Å²) >= 11 is 1.07. The van der Waals surface area contributed by atoms with Gasteiger partial charge < -0.3 is 10.0 Å². The fourth-order valence-electron chi connectivity index (χ4n) is 2.91. The van der Waals surface area contributed by atoms with E-state index in [2.05, 4.69) is 0 Å². The molecule has 0 aliphatic carbocycles. The molecule has 1 aromatic rings. The number of rotatable bonds is 6. The summed E-state index contributed by atoms with van der Waals surface area (Å²) in [5.74, 6) is -1.00. The zero-order valence-electron chi connectivity index (χ0n) is 13.6. The molecule has 0 saturated carbocycles. The molecular formula is C17H20F3NO3S. The highest BCUT2D eigenvalue weighted by Crippen LogP contribution is 2.32. The summed E-state index contributed by atoms with van der Waals surface area (Å²) in [5, 5.41) is 8.81. The van der Waals surface area contributed by atoms with E-state index in [9.17, 15) is 22.8 Å². The molecule has 1 aliphatic heterocycles. The van der Waals surface area contributed by atoms with E-state index in [1.54, 1.807) is 11.0 Å². The number of amides is 1. The third kappa shape index (κ3) is 5.95. The maximum absolute atomic E-state index is 12.7. The molecule has 1 unspecified atom stereocenters. The SMILES string of the molecule is O=C(O)CCC1CCCCN1C(=O)CSc1cccc(C(F)(F)F)c1. The molecule has 0 aromatic heterocycles. The van der Waals surface area contributed by atoms with Crippen LogP contribution < -0.4 is 0 Å². The zero-order valence-corrected chi connectivity index (χ0v) is 14.4. The van der Waals surface area contributed by atoms with Gasteiger partial charge in [0.2, 0.25) is 5.91 Å². The molecule has 4 nitrogen and oxygen atoms in total. The van der Waals surface area contributed by atoms with Crippen LogP contribution in [0.4, 0.5) is 13.2 Å². The Morgan fingerprint density at radius 2 is 2.04 bits per heavy atom. The molecule has 1 fully saturated rings. The maximum Gasteiger partial charge on any atom is 0.416 e. The molecule has 25 heavy (non-hydrogen) atoms. The first-order valence-electron chi connectivity index (χ1n) is 8.08. The number of carbonyl (C=O) groups is 2. The molecule has 1 aromatic carbocycles. The van der Waals surface area contributed by atoms with E-state index in [4.69, 9.17) is 5.11 Å². The van der Waals surface area contributed by atoms with Crippen LogP contribution in [0.15, 0.2) is 29.2 Å². The van der Waals surface area contributed by atoms with Gasteiger partial charge in [0.25, 0.3) is 0 Å². The number of benzene rings is 1. The summed E-state index contributed by atoms with van der Waals surface area (Å²) in [6.07, 6.45) is -1.40. The van der Waals surface area contributed by atoms with Crippen molar-refractivity contribution in [3.63, 3.8) is 0 Å². The second-order valence-electron chi connectivity index (χ2n) is 5.98. The highest BCUT2D eigenvalue weighted by atomic mass is 32.2. The molecule has 1 atom stereocenters. The standard InChI is InChI=1S/C17H20F3NO3S/c18-17(19,20)12-4-3-6-14(10-12)25-11-15(22)21-9-2-1-5-13(21)7-8-16(23)24/h3-4,6,10,13H,1-2,5,7-9,11H2,(H,23,24). The predicted molar refractivity (Wildman–Crippen MR) is 88.4 cm³/mol. The zero-order chi connectivity index (χ0) is 18.4. The van der Waals surface area contributed by atoms with E-state index in [-0.39, 0.29) is 24.1 Å². The highest BCUT2D eigenvalue weighted by Gasteiger charge is 2.31. The largest absolute Gasteiger partial charge is 0.481 e. The van der Waals surface area contributed by atoms with Crippen LogP contribution in [0, 0.1) is 0 Å². The average Bonchev–Trinajstić information content (AvgIpc) is 2.57. The number of aliphatic carboxylic acids is 1. The predicted octanol–water partition coefficient (Wildman–Crippen LogP) is 4.04. The van der Waals surface area contributed by atoms with Gasteiger partial charge in [-0.3, -0.25) is 9.59 Å². The second-order valence-corrected chi connectivity index (χ2v) is 7.03. The van der Waals surface area contributed by atoms with Crippen molar-refractivity contribution in [3.8, 4) is 0 Å². The van der Waals surface area contributed by atoms with Crippen LogP contribution in [0.5, 0.6) is 0 Å². The van der Waals surface area contributed by atoms with Crippen molar-refractivity contribution < 1.29 is 27.9 Å². The summed E-state index contributed by atoms with van der Waals surface area (Å²) in [5.41, 5.74) is -0.734. The lowest BCUT2D eigenvalue weighted by Crippen LogP contribution is -2.44. The molecule has 1 heterocycles. The van der Waals surface area contributed by atoms with E-state index in [0.29, 0.717) is 17.9 Å². The van der Waals surface area contributed by atoms with E-state index in [1.165, 1.54) is 6.07 Å². The van der Waals surface area contributed by atoms with E-state index >= 15 is 0 Å². The molecule has 1 amide bonds. The van der Waals surface area contributed by atoms with Gasteiger partial charge in [0, 0.05) is 23.9 Å². The van der Waals surface area contributed by atoms with Crippen LogP contribution in [-0.2, 0) is 15.8 Å². The number of hydrogen-bond donors (Lipinski definition) is 1. The van der Waals surface area contributed by atoms with Gasteiger partial charge in [-0.1, -0.05) is 6.07 Å². The molecule has 2 rings (SSSR count). The van der Waals surface area contributed by atoms with Gasteiger partial charge >= 0.3 is 12.1 Å². The van der Waals surface area contributed by atoms with Crippen LogP contribution in [0.2, 0.25) is 0 Å². The minimum absolute atomic E-state index is 0.00914. The van der Waals surface area contributed by atoms with Crippen molar-refractivity contribution in [2.45, 2.75) is 49.2 Å². The van der Waals surface area contributed by atoms with E-state index in [0.717, 1.165) is 43.2 Å². The van der Waals surface area contributed by atoms with Crippen molar-refractivity contribution in [1.82, 2.24) is 4.90 Å². The molecule has 0 bridgehead atoms. The summed E-state index contributed by atoms with van der Waals surface area (Å²) < 4.78 is 38.2. The molecular weight excluding hydrogens is 355 g/mol. The number of thioether (sulfide) groups is 1. The minimum atomic E-state index is -4.41. The number of nitrogens with zero attached hydrogens (tertiary/aromatic N) is 1. The van der Waals surface area contributed by atoms with Crippen molar-refractivity contribution in [2.75, 3.05) is 12.3 Å². The van der Waals surface area contributed by atoms with Crippen LogP contribution in [0.1, 0.15) is 37.7 Å². The second kappa shape index (κ2) is 8.60. The number of piperidine rings is 1. The molecule has 138 valence electrons. The number of carboxylic acids is 1. The fourth-order valence-corrected chi connectivity index (χ4v) is 3.75. The third-order valence-corrected chi connectivity index (χ3v) is 5.14. The van der Waals surface area contributed by atoms with Gasteiger partial charge in [0.05, 0.1) is 11.3 Å². The Hall–Kier alpha value is -1.70. The highest BCUT2D eigenvalue weighted by molar-refractivity contribution is 8.00. The first kappa shape index (κ1) is 19.6. The number of carboxylic acid groups (broad SMARTS) is 1. The van der Waals surface area contributed by atoms with Gasteiger partial charge in [0.1, 0.15) is 0 Å². The molecule has 1 N–H and O–H groups in total. The first-order chi connectivity index (χ1) is 11.8. The molecule has 1 aliphatic rings. The maximum atomic E-state index is 12.7. The van der Waals surface area contributed by atoms with Gasteiger partial charge in [0.15, 0.2) is 0 Å². The molecule has 0 spiro atoms.